The Morgan fingerprint density at radius 3 is 3.10 bits per heavy atom. The largest absolute Gasteiger partial charge is 0.378 e. The molecule has 0 aromatic carbocycles. The molecule has 2 fully saturated rings. The molecule has 1 saturated carbocycles. The monoisotopic (exact) mass is 290 g/mol. The molecular weight excluding hydrogens is 268 g/mol. The SMILES string of the molecule is NCC1(O)CC23CCCCC2=CN2C=CCCC2=C3S1. The molecule has 20 heavy (non-hydrogen) atoms. The third-order valence-corrected chi connectivity index (χ3v) is 6.74. The lowest BCUT2D eigenvalue weighted by atomic mass is 9.65. The van der Waals surface area contributed by atoms with Gasteiger partial charge < -0.3 is 15.7 Å². The van der Waals surface area contributed by atoms with Crippen LogP contribution >= 0.6 is 11.8 Å². The van der Waals surface area contributed by atoms with Crippen LogP contribution in [0.25, 0.3) is 0 Å². The average molecular weight is 290 g/mol. The Balaban J connectivity index is 1.87. The number of hydrogen-bond donors (Lipinski definition) is 2. The maximum absolute atomic E-state index is 10.8. The number of rotatable bonds is 1. The molecule has 0 amide bonds. The topological polar surface area (TPSA) is 49.5 Å². The summed E-state index contributed by atoms with van der Waals surface area (Å²) in [5.74, 6) is 0. The normalized spacial score (nSPS) is 39.3. The van der Waals surface area contributed by atoms with Crippen LogP contribution in [0.1, 0.15) is 44.9 Å². The predicted molar refractivity (Wildman–Crippen MR) is 82.4 cm³/mol. The zero-order valence-corrected chi connectivity index (χ0v) is 12.6. The first-order valence-electron chi connectivity index (χ1n) is 7.68. The van der Waals surface area contributed by atoms with Gasteiger partial charge >= 0.3 is 0 Å². The average Bonchev–Trinajstić information content (AvgIpc) is 2.78. The van der Waals surface area contributed by atoms with Gasteiger partial charge in [-0.3, -0.25) is 0 Å². The number of fused-ring (bicyclic) bond motifs is 1. The molecular formula is C16H22N2OS. The maximum atomic E-state index is 10.8. The maximum Gasteiger partial charge on any atom is 0.128 e. The van der Waals surface area contributed by atoms with Gasteiger partial charge in [0.15, 0.2) is 0 Å². The van der Waals surface area contributed by atoms with E-state index in [0.29, 0.717) is 6.54 Å². The van der Waals surface area contributed by atoms with Gasteiger partial charge in [-0.2, -0.15) is 0 Å². The first kappa shape index (κ1) is 13.0. The lowest BCUT2D eigenvalue weighted by Crippen LogP contribution is -2.37. The second kappa shape index (κ2) is 4.39. The Hall–Kier alpha value is -0.710. The quantitative estimate of drug-likeness (QED) is 0.779. The second-order valence-electron chi connectivity index (χ2n) is 6.48. The van der Waals surface area contributed by atoms with Gasteiger partial charge in [0, 0.05) is 41.4 Å². The number of hydrogen-bond acceptors (Lipinski definition) is 4. The molecule has 2 atom stereocenters. The van der Waals surface area contributed by atoms with E-state index in [1.54, 1.807) is 11.8 Å². The highest BCUT2D eigenvalue weighted by molar-refractivity contribution is 8.04. The van der Waals surface area contributed by atoms with Gasteiger partial charge in [0.1, 0.15) is 4.93 Å². The highest BCUT2D eigenvalue weighted by atomic mass is 32.2. The zero-order chi connectivity index (χ0) is 13.8. The van der Waals surface area contributed by atoms with E-state index < -0.39 is 4.93 Å². The van der Waals surface area contributed by atoms with Crippen LogP contribution in [0.15, 0.2) is 34.7 Å². The zero-order valence-electron chi connectivity index (χ0n) is 11.8. The van der Waals surface area contributed by atoms with E-state index in [9.17, 15) is 5.11 Å². The predicted octanol–water partition coefficient (Wildman–Crippen LogP) is 3.05. The van der Waals surface area contributed by atoms with Crippen molar-refractivity contribution in [3.05, 3.63) is 34.7 Å². The van der Waals surface area contributed by atoms with Gasteiger partial charge in [-0.1, -0.05) is 24.3 Å². The minimum Gasteiger partial charge on any atom is -0.378 e. The number of nitrogens with two attached hydrogens (primary N) is 1. The van der Waals surface area contributed by atoms with Crippen molar-refractivity contribution in [1.29, 1.82) is 0 Å². The standard InChI is InChI=1S/C16H22N2OS/c17-11-16(19)10-15-7-3-1-5-12(15)9-18-8-4-2-6-13(18)14(15)20-16/h4,8-9,19H,1-3,5-7,10-11,17H2. The highest BCUT2D eigenvalue weighted by Crippen LogP contribution is 2.66. The fraction of sp³-hybridized carbons (Fsp3) is 0.625. The molecule has 3 aliphatic heterocycles. The van der Waals surface area contributed by atoms with Gasteiger partial charge in [-0.05, 0) is 37.7 Å². The van der Waals surface area contributed by atoms with Crippen molar-refractivity contribution >= 4 is 11.8 Å². The van der Waals surface area contributed by atoms with E-state index in [1.807, 2.05) is 0 Å². The Morgan fingerprint density at radius 2 is 2.25 bits per heavy atom. The second-order valence-corrected chi connectivity index (χ2v) is 7.85. The summed E-state index contributed by atoms with van der Waals surface area (Å²) in [4.78, 5) is 2.95. The Morgan fingerprint density at radius 1 is 1.35 bits per heavy atom. The molecule has 4 aliphatic rings. The summed E-state index contributed by atoms with van der Waals surface area (Å²) in [5, 5.41) is 10.8. The molecule has 0 aromatic rings. The van der Waals surface area contributed by atoms with E-state index >= 15 is 0 Å². The first-order valence-corrected chi connectivity index (χ1v) is 8.50. The molecule has 1 aliphatic carbocycles. The van der Waals surface area contributed by atoms with Crippen molar-refractivity contribution in [3.8, 4) is 0 Å². The van der Waals surface area contributed by atoms with E-state index in [-0.39, 0.29) is 5.41 Å². The number of nitrogens with zero attached hydrogens (tertiary/aromatic N) is 1. The lowest BCUT2D eigenvalue weighted by Gasteiger charge is -2.44. The van der Waals surface area contributed by atoms with Crippen LogP contribution < -0.4 is 5.73 Å². The molecule has 0 aromatic heterocycles. The lowest BCUT2D eigenvalue weighted by molar-refractivity contribution is 0.105. The minimum absolute atomic E-state index is 0.105. The molecule has 0 radical (unpaired) electrons. The van der Waals surface area contributed by atoms with Gasteiger partial charge in [0.05, 0.1) is 0 Å². The van der Waals surface area contributed by atoms with Gasteiger partial charge in [0.2, 0.25) is 0 Å². The summed E-state index contributed by atoms with van der Waals surface area (Å²) in [6, 6.07) is 0. The fourth-order valence-corrected chi connectivity index (χ4v) is 5.87. The molecule has 1 saturated heterocycles. The summed E-state index contributed by atoms with van der Waals surface area (Å²) in [5.41, 5.74) is 8.90. The van der Waals surface area contributed by atoms with Crippen LogP contribution in [0.3, 0.4) is 0 Å². The molecule has 0 bridgehead atoms. The van der Waals surface area contributed by atoms with Crippen LogP contribution in [-0.4, -0.2) is 21.5 Å². The van der Waals surface area contributed by atoms with Crippen LogP contribution in [-0.2, 0) is 0 Å². The molecule has 4 heteroatoms. The smallest absolute Gasteiger partial charge is 0.128 e. The number of allylic oxidation sites excluding steroid dienone is 4. The summed E-state index contributed by atoms with van der Waals surface area (Å²) >= 11 is 1.65. The summed E-state index contributed by atoms with van der Waals surface area (Å²) in [6.45, 7) is 0.347. The third-order valence-electron chi connectivity index (χ3n) is 5.22. The minimum atomic E-state index is -0.768. The summed E-state index contributed by atoms with van der Waals surface area (Å²) in [6.07, 6.45) is 14.7. The molecule has 3 heterocycles. The van der Waals surface area contributed by atoms with Gasteiger partial charge in [-0.15, -0.1) is 0 Å². The molecule has 3 nitrogen and oxygen atoms in total. The highest BCUT2D eigenvalue weighted by Gasteiger charge is 2.56. The third kappa shape index (κ3) is 1.68. The number of thioether (sulfide) groups is 1. The Bertz CT molecular complexity index is 539. The Labute approximate surface area is 124 Å². The van der Waals surface area contributed by atoms with Crippen LogP contribution in [0.4, 0.5) is 0 Å². The number of aliphatic hydroxyl groups is 1. The van der Waals surface area contributed by atoms with E-state index in [0.717, 1.165) is 19.3 Å². The van der Waals surface area contributed by atoms with Crippen molar-refractivity contribution in [1.82, 2.24) is 4.90 Å². The van der Waals surface area contributed by atoms with Crippen molar-refractivity contribution in [2.24, 2.45) is 11.1 Å². The molecule has 4 rings (SSSR count). The van der Waals surface area contributed by atoms with E-state index in [1.165, 1.54) is 41.9 Å². The van der Waals surface area contributed by atoms with E-state index in [2.05, 4.69) is 23.4 Å². The van der Waals surface area contributed by atoms with Crippen molar-refractivity contribution in [3.63, 3.8) is 0 Å². The molecule has 1 spiro atoms. The fourth-order valence-electron chi connectivity index (χ4n) is 4.26. The first-order chi connectivity index (χ1) is 9.67. The molecule has 2 unspecified atom stereocenters. The van der Waals surface area contributed by atoms with Crippen LogP contribution in [0.2, 0.25) is 0 Å². The van der Waals surface area contributed by atoms with Gasteiger partial charge in [0.25, 0.3) is 0 Å². The summed E-state index contributed by atoms with van der Waals surface area (Å²) in [7, 11) is 0. The summed E-state index contributed by atoms with van der Waals surface area (Å²) < 4.78 is 0. The van der Waals surface area contributed by atoms with Crippen LogP contribution in [0.5, 0.6) is 0 Å². The van der Waals surface area contributed by atoms with Gasteiger partial charge in [-0.25, -0.2) is 0 Å². The van der Waals surface area contributed by atoms with Crippen LogP contribution in [0, 0.1) is 5.41 Å². The van der Waals surface area contributed by atoms with E-state index in [4.69, 9.17) is 5.73 Å². The molecule has 3 N–H and O–H groups in total. The van der Waals surface area contributed by atoms with Crippen molar-refractivity contribution in [2.75, 3.05) is 6.54 Å². The van der Waals surface area contributed by atoms with Crippen molar-refractivity contribution < 1.29 is 5.11 Å². The Kier molecular flexibility index (Phi) is 2.85. The van der Waals surface area contributed by atoms with Crippen molar-refractivity contribution in [2.45, 2.75) is 49.9 Å². The molecule has 108 valence electrons.